The van der Waals surface area contributed by atoms with E-state index in [-0.39, 0.29) is 11.9 Å². The van der Waals surface area contributed by atoms with Crippen molar-refractivity contribution in [2.45, 2.75) is 12.5 Å². The second kappa shape index (κ2) is 4.06. The van der Waals surface area contributed by atoms with E-state index in [1.165, 1.54) is 13.2 Å². The summed E-state index contributed by atoms with van der Waals surface area (Å²) in [6.45, 7) is 0.943. The molecule has 0 saturated carbocycles. The minimum atomic E-state index is -0.246. The van der Waals surface area contributed by atoms with Gasteiger partial charge in [0.1, 0.15) is 5.82 Å². The molecule has 0 radical (unpaired) electrons. The predicted octanol–water partition coefficient (Wildman–Crippen LogP) is 1.88. The summed E-state index contributed by atoms with van der Waals surface area (Å²) >= 11 is 0. The Morgan fingerprint density at radius 2 is 1.87 bits per heavy atom. The lowest BCUT2D eigenvalue weighted by Gasteiger charge is -2.28. The first kappa shape index (κ1) is 10.2. The molecule has 1 aromatic carbocycles. The van der Waals surface area contributed by atoms with E-state index >= 15 is 0 Å². The first-order valence-electron chi connectivity index (χ1n) is 4.91. The highest BCUT2D eigenvalue weighted by atomic mass is 19.1. The van der Waals surface area contributed by atoms with Crippen LogP contribution in [-0.2, 0) is 0 Å². The topological polar surface area (TPSA) is 30.5 Å². The maximum Gasteiger partial charge on any atom is 0.163 e. The van der Waals surface area contributed by atoms with Crippen LogP contribution in [0.15, 0.2) is 12.1 Å². The summed E-state index contributed by atoms with van der Waals surface area (Å²) in [5.74, 6) is 0.755. The lowest BCUT2D eigenvalue weighted by Crippen LogP contribution is -2.35. The van der Waals surface area contributed by atoms with Gasteiger partial charge in [0.2, 0.25) is 0 Å². The smallest absolute Gasteiger partial charge is 0.163 e. The number of hydrogen-bond acceptors (Lipinski definition) is 3. The molecular formula is C11H14FNO2. The van der Waals surface area contributed by atoms with E-state index in [0.717, 1.165) is 13.0 Å². The van der Waals surface area contributed by atoms with Gasteiger partial charge < -0.3 is 14.8 Å². The molecule has 0 spiro atoms. The molecule has 4 heteroatoms. The Balaban J connectivity index is 2.38. The van der Waals surface area contributed by atoms with Crippen molar-refractivity contribution in [1.82, 2.24) is 5.32 Å². The van der Waals surface area contributed by atoms with Crippen LogP contribution in [0.5, 0.6) is 11.5 Å². The van der Waals surface area contributed by atoms with Gasteiger partial charge in [0.25, 0.3) is 0 Å². The zero-order valence-electron chi connectivity index (χ0n) is 8.84. The molecule has 1 heterocycles. The van der Waals surface area contributed by atoms with Crippen molar-refractivity contribution in [3.05, 3.63) is 23.5 Å². The van der Waals surface area contributed by atoms with Gasteiger partial charge >= 0.3 is 0 Å². The number of rotatable bonds is 3. The summed E-state index contributed by atoms with van der Waals surface area (Å²) in [6, 6.07) is 3.18. The summed E-state index contributed by atoms with van der Waals surface area (Å²) < 4.78 is 23.8. The third-order valence-corrected chi connectivity index (χ3v) is 2.70. The van der Waals surface area contributed by atoms with Crippen molar-refractivity contribution < 1.29 is 13.9 Å². The molecule has 0 bridgehead atoms. The van der Waals surface area contributed by atoms with Crippen LogP contribution in [0.2, 0.25) is 0 Å². The van der Waals surface area contributed by atoms with E-state index in [9.17, 15) is 4.39 Å². The predicted molar refractivity (Wildman–Crippen MR) is 54.9 cm³/mol. The molecule has 1 aromatic rings. The van der Waals surface area contributed by atoms with Crippen LogP contribution >= 0.6 is 0 Å². The van der Waals surface area contributed by atoms with Gasteiger partial charge in [-0.15, -0.1) is 0 Å². The molecule has 0 aliphatic carbocycles. The van der Waals surface area contributed by atoms with Crippen LogP contribution in [0.3, 0.4) is 0 Å². The zero-order chi connectivity index (χ0) is 10.8. The van der Waals surface area contributed by atoms with Crippen LogP contribution < -0.4 is 14.8 Å². The molecule has 3 nitrogen and oxygen atoms in total. The highest BCUT2D eigenvalue weighted by Gasteiger charge is 2.23. The van der Waals surface area contributed by atoms with Crippen molar-refractivity contribution in [2.75, 3.05) is 20.8 Å². The molecule has 1 N–H and O–H groups in total. The van der Waals surface area contributed by atoms with Crippen LogP contribution in [0.1, 0.15) is 18.0 Å². The van der Waals surface area contributed by atoms with Crippen molar-refractivity contribution in [1.29, 1.82) is 0 Å². The number of halogens is 1. The molecule has 1 atom stereocenters. The maximum absolute atomic E-state index is 13.6. The third kappa shape index (κ3) is 1.77. The van der Waals surface area contributed by atoms with Gasteiger partial charge in [-0.25, -0.2) is 4.39 Å². The maximum atomic E-state index is 13.6. The minimum absolute atomic E-state index is 0.116. The first-order valence-corrected chi connectivity index (χ1v) is 4.91. The molecule has 15 heavy (non-hydrogen) atoms. The Labute approximate surface area is 88.2 Å². The van der Waals surface area contributed by atoms with E-state index in [0.29, 0.717) is 17.1 Å². The van der Waals surface area contributed by atoms with Crippen molar-refractivity contribution in [2.24, 2.45) is 0 Å². The first-order chi connectivity index (χ1) is 7.26. The fraction of sp³-hybridized carbons (Fsp3) is 0.455. The Kier molecular flexibility index (Phi) is 2.77. The normalized spacial score (nSPS) is 19.5. The van der Waals surface area contributed by atoms with Gasteiger partial charge in [-0.2, -0.15) is 0 Å². The number of hydrogen-bond donors (Lipinski definition) is 1. The van der Waals surface area contributed by atoms with E-state index in [2.05, 4.69) is 5.32 Å². The molecule has 0 unspecified atom stereocenters. The molecule has 1 saturated heterocycles. The van der Waals surface area contributed by atoms with Crippen molar-refractivity contribution in [3.63, 3.8) is 0 Å². The van der Waals surface area contributed by atoms with Crippen LogP contribution in [-0.4, -0.2) is 20.8 Å². The van der Waals surface area contributed by atoms with Crippen molar-refractivity contribution in [3.8, 4) is 11.5 Å². The summed E-state index contributed by atoms with van der Waals surface area (Å²) in [6.07, 6.45) is 0.965. The molecule has 1 aliphatic heterocycles. The standard InChI is InChI=1S/C11H14FNO2/c1-14-10-5-7(9-3-4-13-9)8(12)6-11(10)15-2/h5-6,9,13H,3-4H2,1-2H3/t9-/m1/s1. The SMILES string of the molecule is COc1cc(F)c([C@H]2CCN2)cc1OC. The second-order valence-electron chi connectivity index (χ2n) is 3.52. The highest BCUT2D eigenvalue weighted by Crippen LogP contribution is 2.34. The molecular weight excluding hydrogens is 197 g/mol. The lowest BCUT2D eigenvalue weighted by atomic mass is 9.97. The summed E-state index contributed by atoms with van der Waals surface area (Å²) in [4.78, 5) is 0. The second-order valence-corrected chi connectivity index (χ2v) is 3.52. The molecule has 82 valence electrons. The monoisotopic (exact) mass is 211 g/mol. The van der Waals surface area contributed by atoms with E-state index in [1.807, 2.05) is 0 Å². The Morgan fingerprint density at radius 3 is 2.33 bits per heavy atom. The average Bonchev–Trinajstić information content (AvgIpc) is 2.17. The number of nitrogens with one attached hydrogen (secondary N) is 1. The number of benzene rings is 1. The van der Waals surface area contributed by atoms with Gasteiger partial charge in [0.15, 0.2) is 11.5 Å². The Bertz CT molecular complexity index is 364. The fourth-order valence-electron chi connectivity index (χ4n) is 1.69. The van der Waals surface area contributed by atoms with Gasteiger partial charge in [-0.1, -0.05) is 0 Å². The molecule has 0 aromatic heterocycles. The van der Waals surface area contributed by atoms with Gasteiger partial charge in [0.05, 0.1) is 14.2 Å². The lowest BCUT2D eigenvalue weighted by molar-refractivity contribution is 0.341. The molecule has 2 rings (SSSR count). The van der Waals surface area contributed by atoms with Crippen LogP contribution in [0.25, 0.3) is 0 Å². The van der Waals surface area contributed by atoms with E-state index in [4.69, 9.17) is 9.47 Å². The van der Waals surface area contributed by atoms with Gasteiger partial charge in [0, 0.05) is 17.7 Å². The summed E-state index contributed by atoms with van der Waals surface area (Å²) in [5.41, 5.74) is 0.652. The largest absolute Gasteiger partial charge is 0.493 e. The Morgan fingerprint density at radius 1 is 1.27 bits per heavy atom. The van der Waals surface area contributed by atoms with E-state index < -0.39 is 0 Å². The third-order valence-electron chi connectivity index (χ3n) is 2.70. The number of ether oxygens (including phenoxy) is 2. The van der Waals surface area contributed by atoms with Crippen LogP contribution in [0.4, 0.5) is 4.39 Å². The quantitative estimate of drug-likeness (QED) is 0.828. The van der Waals surface area contributed by atoms with Crippen LogP contribution in [0, 0.1) is 5.82 Å². The molecule has 1 aliphatic rings. The summed E-state index contributed by atoms with van der Waals surface area (Å²) in [5, 5.41) is 3.16. The molecule has 1 fully saturated rings. The fourth-order valence-corrected chi connectivity index (χ4v) is 1.69. The number of methoxy groups -OCH3 is 2. The summed E-state index contributed by atoms with van der Waals surface area (Å²) in [7, 11) is 3.05. The Hall–Kier alpha value is -1.29. The average molecular weight is 211 g/mol. The van der Waals surface area contributed by atoms with Crippen molar-refractivity contribution >= 4 is 0 Å². The van der Waals surface area contributed by atoms with Gasteiger partial charge in [-0.05, 0) is 19.0 Å². The van der Waals surface area contributed by atoms with E-state index in [1.54, 1.807) is 13.2 Å². The van der Waals surface area contributed by atoms with Gasteiger partial charge in [-0.3, -0.25) is 0 Å². The highest BCUT2D eigenvalue weighted by molar-refractivity contribution is 5.45. The molecule has 0 amide bonds. The minimum Gasteiger partial charge on any atom is -0.493 e. The zero-order valence-corrected chi connectivity index (χ0v) is 8.84.